The van der Waals surface area contributed by atoms with Gasteiger partial charge in [0.05, 0.1) is 0 Å². The molecule has 0 aromatic heterocycles. The molecular weight excluding hydrogens is 248 g/mol. The summed E-state index contributed by atoms with van der Waals surface area (Å²) in [6.45, 7) is 8.22. The standard InChI is InChI=1S/C17H28N2O/c1-3-10-19-11-8-16(9-12-19)18-14(2)13-15-4-6-17(20)7-5-15/h4-7,14,16,18,20H,3,8-13H2,1-2H3. The zero-order valence-corrected chi connectivity index (χ0v) is 12.8. The van der Waals surface area contributed by atoms with Crippen LogP contribution in [0.2, 0.25) is 0 Å². The van der Waals surface area contributed by atoms with E-state index in [1.807, 2.05) is 12.1 Å². The van der Waals surface area contributed by atoms with E-state index in [-0.39, 0.29) is 0 Å². The van der Waals surface area contributed by atoms with Gasteiger partial charge >= 0.3 is 0 Å². The maximum absolute atomic E-state index is 9.30. The van der Waals surface area contributed by atoms with Crippen LogP contribution >= 0.6 is 0 Å². The summed E-state index contributed by atoms with van der Waals surface area (Å²) in [7, 11) is 0. The molecule has 0 spiro atoms. The third kappa shape index (κ3) is 4.80. The SMILES string of the molecule is CCCN1CCC(NC(C)Cc2ccc(O)cc2)CC1. The largest absolute Gasteiger partial charge is 0.508 e. The number of phenolic OH excluding ortho intramolecular Hbond substituents is 1. The van der Waals surface area contributed by atoms with Gasteiger partial charge in [0.25, 0.3) is 0 Å². The molecule has 1 aromatic carbocycles. The lowest BCUT2D eigenvalue weighted by Crippen LogP contribution is -2.46. The molecule has 1 heterocycles. The minimum atomic E-state index is 0.345. The molecule has 3 heteroatoms. The summed E-state index contributed by atoms with van der Waals surface area (Å²) in [5.74, 6) is 0.345. The first-order valence-electron chi connectivity index (χ1n) is 7.93. The number of likely N-dealkylation sites (tertiary alicyclic amines) is 1. The predicted molar refractivity (Wildman–Crippen MR) is 84.2 cm³/mol. The first-order chi connectivity index (χ1) is 9.67. The van der Waals surface area contributed by atoms with E-state index in [9.17, 15) is 5.11 Å². The zero-order valence-electron chi connectivity index (χ0n) is 12.8. The average molecular weight is 276 g/mol. The second kappa shape index (κ2) is 7.65. The second-order valence-corrected chi connectivity index (χ2v) is 6.05. The molecule has 112 valence electrons. The number of piperidine rings is 1. The number of nitrogens with one attached hydrogen (secondary N) is 1. The molecule has 0 amide bonds. The van der Waals surface area contributed by atoms with E-state index in [1.54, 1.807) is 12.1 Å². The predicted octanol–water partition coefficient (Wildman–Crippen LogP) is 2.79. The number of aromatic hydroxyl groups is 1. The zero-order chi connectivity index (χ0) is 14.4. The summed E-state index contributed by atoms with van der Waals surface area (Å²) in [4.78, 5) is 2.57. The molecule has 1 atom stereocenters. The van der Waals surface area contributed by atoms with Gasteiger partial charge in [-0.1, -0.05) is 19.1 Å². The Labute approximate surface area is 123 Å². The van der Waals surface area contributed by atoms with Gasteiger partial charge in [-0.15, -0.1) is 0 Å². The van der Waals surface area contributed by atoms with Gasteiger partial charge in [-0.3, -0.25) is 0 Å². The van der Waals surface area contributed by atoms with Crippen LogP contribution in [0.3, 0.4) is 0 Å². The molecule has 0 aliphatic carbocycles. The number of hydrogen-bond donors (Lipinski definition) is 2. The molecule has 1 aliphatic heterocycles. The summed E-state index contributed by atoms with van der Waals surface area (Å²) in [6.07, 6.45) is 4.81. The van der Waals surface area contributed by atoms with Crippen LogP contribution in [0, 0.1) is 0 Å². The Bertz CT molecular complexity index is 382. The van der Waals surface area contributed by atoms with Crippen LogP contribution in [0.5, 0.6) is 5.75 Å². The minimum absolute atomic E-state index is 0.345. The van der Waals surface area contributed by atoms with Gasteiger partial charge in [-0.05, 0) is 69.9 Å². The van der Waals surface area contributed by atoms with Crippen molar-refractivity contribution in [3.63, 3.8) is 0 Å². The summed E-state index contributed by atoms with van der Waals surface area (Å²) in [5.41, 5.74) is 1.28. The van der Waals surface area contributed by atoms with E-state index in [1.165, 1.54) is 44.5 Å². The molecule has 1 unspecified atom stereocenters. The second-order valence-electron chi connectivity index (χ2n) is 6.05. The average Bonchev–Trinajstić information content (AvgIpc) is 2.44. The summed E-state index contributed by atoms with van der Waals surface area (Å²) < 4.78 is 0. The van der Waals surface area contributed by atoms with Crippen molar-refractivity contribution in [2.75, 3.05) is 19.6 Å². The van der Waals surface area contributed by atoms with Crippen molar-refractivity contribution in [3.8, 4) is 5.75 Å². The van der Waals surface area contributed by atoms with E-state index in [0.29, 0.717) is 17.8 Å². The topological polar surface area (TPSA) is 35.5 Å². The van der Waals surface area contributed by atoms with Gasteiger partial charge in [0.15, 0.2) is 0 Å². The fourth-order valence-corrected chi connectivity index (χ4v) is 3.09. The Kier molecular flexibility index (Phi) is 5.86. The van der Waals surface area contributed by atoms with Gasteiger partial charge in [-0.25, -0.2) is 0 Å². The minimum Gasteiger partial charge on any atom is -0.508 e. The van der Waals surface area contributed by atoms with Gasteiger partial charge in [-0.2, -0.15) is 0 Å². The fourth-order valence-electron chi connectivity index (χ4n) is 3.09. The van der Waals surface area contributed by atoms with Crippen LogP contribution in [0.4, 0.5) is 0 Å². The highest BCUT2D eigenvalue weighted by Gasteiger charge is 2.19. The number of phenols is 1. The fraction of sp³-hybridized carbons (Fsp3) is 0.647. The Morgan fingerprint density at radius 2 is 1.90 bits per heavy atom. The highest BCUT2D eigenvalue weighted by atomic mass is 16.3. The Balaban J connectivity index is 1.72. The lowest BCUT2D eigenvalue weighted by molar-refractivity contribution is 0.192. The lowest BCUT2D eigenvalue weighted by atomic mass is 10.0. The number of rotatable bonds is 6. The van der Waals surface area contributed by atoms with Crippen molar-refractivity contribution < 1.29 is 5.11 Å². The molecule has 1 fully saturated rings. The summed E-state index contributed by atoms with van der Waals surface area (Å²) in [5, 5.41) is 13.1. The first-order valence-corrected chi connectivity index (χ1v) is 7.93. The lowest BCUT2D eigenvalue weighted by Gasteiger charge is -2.33. The highest BCUT2D eigenvalue weighted by molar-refractivity contribution is 5.26. The molecule has 20 heavy (non-hydrogen) atoms. The summed E-state index contributed by atoms with van der Waals surface area (Å²) >= 11 is 0. The number of nitrogens with zero attached hydrogens (tertiary/aromatic N) is 1. The summed E-state index contributed by atoms with van der Waals surface area (Å²) in [6, 6.07) is 8.71. The van der Waals surface area contributed by atoms with Gasteiger partial charge < -0.3 is 15.3 Å². The molecule has 1 aromatic rings. The maximum Gasteiger partial charge on any atom is 0.115 e. The molecule has 2 N–H and O–H groups in total. The van der Waals surface area contributed by atoms with E-state index >= 15 is 0 Å². The van der Waals surface area contributed by atoms with Crippen LogP contribution in [-0.4, -0.2) is 41.7 Å². The first kappa shape index (κ1) is 15.3. The highest BCUT2D eigenvalue weighted by Crippen LogP contribution is 2.14. The third-order valence-electron chi connectivity index (χ3n) is 4.13. The van der Waals surface area contributed by atoms with Gasteiger partial charge in [0.2, 0.25) is 0 Å². The Morgan fingerprint density at radius 1 is 1.25 bits per heavy atom. The molecule has 3 nitrogen and oxygen atoms in total. The third-order valence-corrected chi connectivity index (χ3v) is 4.13. The van der Waals surface area contributed by atoms with E-state index in [4.69, 9.17) is 0 Å². The molecule has 1 aliphatic rings. The van der Waals surface area contributed by atoms with E-state index < -0.39 is 0 Å². The quantitative estimate of drug-likeness (QED) is 0.838. The van der Waals surface area contributed by atoms with Crippen LogP contribution in [0.15, 0.2) is 24.3 Å². The number of hydrogen-bond acceptors (Lipinski definition) is 3. The molecular formula is C17H28N2O. The molecule has 0 radical (unpaired) electrons. The molecule has 0 saturated carbocycles. The molecule has 1 saturated heterocycles. The van der Waals surface area contributed by atoms with Crippen molar-refractivity contribution >= 4 is 0 Å². The van der Waals surface area contributed by atoms with Crippen molar-refractivity contribution in [2.45, 2.75) is 51.6 Å². The van der Waals surface area contributed by atoms with Crippen LogP contribution in [0.1, 0.15) is 38.7 Å². The smallest absolute Gasteiger partial charge is 0.115 e. The van der Waals surface area contributed by atoms with Crippen molar-refractivity contribution in [3.05, 3.63) is 29.8 Å². The Morgan fingerprint density at radius 3 is 2.50 bits per heavy atom. The number of benzene rings is 1. The maximum atomic E-state index is 9.30. The monoisotopic (exact) mass is 276 g/mol. The van der Waals surface area contributed by atoms with Crippen molar-refractivity contribution in [1.29, 1.82) is 0 Å². The van der Waals surface area contributed by atoms with Gasteiger partial charge in [0.1, 0.15) is 5.75 Å². The van der Waals surface area contributed by atoms with Crippen LogP contribution in [-0.2, 0) is 6.42 Å². The Hall–Kier alpha value is -1.06. The van der Waals surface area contributed by atoms with Crippen molar-refractivity contribution in [2.24, 2.45) is 0 Å². The van der Waals surface area contributed by atoms with Crippen molar-refractivity contribution in [1.82, 2.24) is 10.2 Å². The van der Waals surface area contributed by atoms with Crippen LogP contribution in [0.25, 0.3) is 0 Å². The molecule has 2 rings (SSSR count). The van der Waals surface area contributed by atoms with E-state index in [2.05, 4.69) is 24.1 Å². The molecule has 0 bridgehead atoms. The normalized spacial score (nSPS) is 19.1. The van der Waals surface area contributed by atoms with Crippen LogP contribution < -0.4 is 5.32 Å². The van der Waals surface area contributed by atoms with Gasteiger partial charge in [0, 0.05) is 12.1 Å². The van der Waals surface area contributed by atoms with E-state index in [0.717, 1.165) is 6.42 Å².